The van der Waals surface area contributed by atoms with E-state index in [4.69, 9.17) is 5.11 Å². The molecule has 0 spiro atoms. The van der Waals surface area contributed by atoms with E-state index in [0.29, 0.717) is 11.4 Å². The zero-order chi connectivity index (χ0) is 9.56. The Hall–Kier alpha value is -0.480. The van der Waals surface area contributed by atoms with Gasteiger partial charge in [-0.05, 0) is 13.2 Å². The fourth-order valence-electron chi connectivity index (χ4n) is 0.787. The standard InChI is InChI=1S/C8H15NO2S/c1-7(8(6-11)12-3)9(2)4-5-10/h6,10H,4-5H2,1-3H3/b8-7-. The van der Waals surface area contributed by atoms with E-state index in [2.05, 4.69) is 0 Å². The average Bonchev–Trinajstić information content (AvgIpc) is 2.07. The molecular weight excluding hydrogens is 174 g/mol. The molecule has 1 N–H and O–H groups in total. The lowest BCUT2D eigenvalue weighted by Crippen LogP contribution is -2.21. The quantitative estimate of drug-likeness (QED) is 0.510. The predicted octanol–water partition coefficient (Wildman–Crippen LogP) is 0.704. The minimum absolute atomic E-state index is 0.106. The lowest BCUT2D eigenvalue weighted by molar-refractivity contribution is -0.104. The normalized spacial score (nSPS) is 12.3. The largest absolute Gasteiger partial charge is 0.395 e. The summed E-state index contributed by atoms with van der Waals surface area (Å²) in [4.78, 5) is 13.1. The zero-order valence-corrected chi connectivity index (χ0v) is 8.52. The highest BCUT2D eigenvalue weighted by Crippen LogP contribution is 2.15. The van der Waals surface area contributed by atoms with Crippen LogP contribution >= 0.6 is 11.8 Å². The van der Waals surface area contributed by atoms with E-state index in [1.807, 2.05) is 25.1 Å². The maximum absolute atomic E-state index is 10.5. The van der Waals surface area contributed by atoms with Crippen LogP contribution in [0.5, 0.6) is 0 Å². The lowest BCUT2D eigenvalue weighted by Gasteiger charge is -2.19. The Balaban J connectivity index is 4.38. The molecule has 0 bridgehead atoms. The smallest absolute Gasteiger partial charge is 0.158 e. The number of nitrogens with zero attached hydrogens (tertiary/aromatic N) is 1. The Morgan fingerprint density at radius 2 is 2.25 bits per heavy atom. The summed E-state index contributed by atoms with van der Waals surface area (Å²) in [5, 5.41) is 8.65. The second kappa shape index (κ2) is 6.08. The minimum Gasteiger partial charge on any atom is -0.395 e. The summed E-state index contributed by atoms with van der Waals surface area (Å²) < 4.78 is 0. The van der Waals surface area contributed by atoms with Gasteiger partial charge in [-0.25, -0.2) is 0 Å². The topological polar surface area (TPSA) is 40.5 Å². The Morgan fingerprint density at radius 1 is 1.67 bits per heavy atom. The Morgan fingerprint density at radius 3 is 2.58 bits per heavy atom. The molecule has 0 aromatic rings. The summed E-state index contributed by atoms with van der Waals surface area (Å²) in [5.41, 5.74) is 0.909. The molecule has 4 heteroatoms. The van der Waals surface area contributed by atoms with Crippen LogP contribution in [-0.4, -0.2) is 42.7 Å². The maximum Gasteiger partial charge on any atom is 0.158 e. The molecule has 0 amide bonds. The second-order valence-corrected chi connectivity index (χ2v) is 3.26. The summed E-state index contributed by atoms with van der Waals surface area (Å²) >= 11 is 1.42. The molecule has 12 heavy (non-hydrogen) atoms. The fourth-order valence-corrected chi connectivity index (χ4v) is 1.33. The molecule has 0 aliphatic heterocycles. The zero-order valence-electron chi connectivity index (χ0n) is 7.70. The first-order valence-electron chi connectivity index (χ1n) is 3.69. The van der Waals surface area contributed by atoms with Crippen LogP contribution in [0.1, 0.15) is 6.92 Å². The van der Waals surface area contributed by atoms with Gasteiger partial charge < -0.3 is 10.0 Å². The van der Waals surface area contributed by atoms with Crippen LogP contribution in [0.15, 0.2) is 10.6 Å². The van der Waals surface area contributed by atoms with Gasteiger partial charge in [-0.1, -0.05) is 0 Å². The van der Waals surface area contributed by atoms with Crippen molar-refractivity contribution in [1.29, 1.82) is 0 Å². The van der Waals surface area contributed by atoms with Crippen LogP contribution in [0, 0.1) is 0 Å². The maximum atomic E-state index is 10.5. The number of hydrogen-bond acceptors (Lipinski definition) is 4. The van der Waals surface area contributed by atoms with Crippen LogP contribution in [0.4, 0.5) is 0 Å². The van der Waals surface area contributed by atoms with Gasteiger partial charge >= 0.3 is 0 Å². The van der Waals surface area contributed by atoms with Gasteiger partial charge in [0.05, 0.1) is 11.5 Å². The van der Waals surface area contributed by atoms with E-state index in [-0.39, 0.29) is 6.61 Å². The van der Waals surface area contributed by atoms with Crippen LogP contribution in [-0.2, 0) is 4.79 Å². The molecular formula is C8H15NO2S. The molecule has 0 rings (SSSR count). The number of aliphatic hydroxyl groups is 1. The van der Waals surface area contributed by atoms with Gasteiger partial charge in [-0.3, -0.25) is 4.79 Å². The Bertz CT molecular complexity index is 180. The van der Waals surface area contributed by atoms with E-state index in [0.717, 1.165) is 12.0 Å². The Labute approximate surface area is 77.4 Å². The molecule has 0 heterocycles. The fraction of sp³-hybridized carbons (Fsp3) is 0.625. The van der Waals surface area contributed by atoms with Crippen molar-refractivity contribution in [3.63, 3.8) is 0 Å². The monoisotopic (exact) mass is 189 g/mol. The molecule has 0 aromatic carbocycles. The van der Waals surface area contributed by atoms with Crippen LogP contribution in [0.25, 0.3) is 0 Å². The third kappa shape index (κ3) is 3.28. The molecule has 0 unspecified atom stereocenters. The van der Waals surface area contributed by atoms with E-state index < -0.39 is 0 Å². The number of likely N-dealkylation sites (N-methyl/N-ethyl adjacent to an activating group) is 1. The van der Waals surface area contributed by atoms with Crippen molar-refractivity contribution in [2.75, 3.05) is 26.5 Å². The van der Waals surface area contributed by atoms with E-state index >= 15 is 0 Å². The average molecular weight is 189 g/mol. The first-order valence-corrected chi connectivity index (χ1v) is 4.91. The predicted molar refractivity (Wildman–Crippen MR) is 52.0 cm³/mol. The number of aliphatic hydroxyl groups excluding tert-OH is 1. The highest BCUT2D eigenvalue weighted by atomic mass is 32.2. The van der Waals surface area contributed by atoms with Crippen molar-refractivity contribution < 1.29 is 9.90 Å². The minimum atomic E-state index is 0.106. The number of carbonyl (C=O) groups excluding carboxylic acids is 1. The number of hydrogen-bond donors (Lipinski definition) is 1. The van der Waals surface area contributed by atoms with Gasteiger partial charge in [-0.15, -0.1) is 11.8 Å². The van der Waals surface area contributed by atoms with Crippen molar-refractivity contribution in [2.45, 2.75) is 6.92 Å². The molecule has 0 aliphatic carbocycles. The van der Waals surface area contributed by atoms with Gasteiger partial charge in [0.2, 0.25) is 0 Å². The van der Waals surface area contributed by atoms with Gasteiger partial charge in [0.1, 0.15) is 0 Å². The lowest BCUT2D eigenvalue weighted by atomic mass is 10.4. The van der Waals surface area contributed by atoms with Crippen molar-refractivity contribution in [3.8, 4) is 0 Å². The second-order valence-electron chi connectivity index (χ2n) is 2.42. The van der Waals surface area contributed by atoms with Gasteiger partial charge in [0, 0.05) is 19.3 Å². The molecule has 0 radical (unpaired) electrons. The first kappa shape index (κ1) is 11.5. The van der Waals surface area contributed by atoms with Crippen molar-refractivity contribution in [2.24, 2.45) is 0 Å². The number of allylic oxidation sites excluding steroid dienone is 2. The molecule has 3 nitrogen and oxygen atoms in total. The summed E-state index contributed by atoms with van der Waals surface area (Å²) in [6.07, 6.45) is 2.70. The molecule has 0 saturated carbocycles. The number of aldehydes is 1. The third-order valence-corrected chi connectivity index (χ3v) is 2.52. The van der Waals surface area contributed by atoms with Gasteiger partial charge in [0.15, 0.2) is 6.29 Å². The van der Waals surface area contributed by atoms with Gasteiger partial charge in [0.25, 0.3) is 0 Å². The van der Waals surface area contributed by atoms with Crippen LogP contribution in [0.2, 0.25) is 0 Å². The molecule has 0 fully saturated rings. The highest BCUT2D eigenvalue weighted by molar-refractivity contribution is 8.03. The Kier molecular flexibility index (Phi) is 5.84. The highest BCUT2D eigenvalue weighted by Gasteiger charge is 2.04. The summed E-state index contributed by atoms with van der Waals surface area (Å²) in [5.74, 6) is 0. The molecule has 0 aromatic heterocycles. The van der Waals surface area contributed by atoms with E-state index in [9.17, 15) is 4.79 Å². The molecule has 70 valence electrons. The van der Waals surface area contributed by atoms with Crippen molar-refractivity contribution in [3.05, 3.63) is 10.6 Å². The van der Waals surface area contributed by atoms with Crippen molar-refractivity contribution >= 4 is 18.0 Å². The van der Waals surface area contributed by atoms with E-state index in [1.54, 1.807) is 0 Å². The van der Waals surface area contributed by atoms with E-state index in [1.165, 1.54) is 11.8 Å². The third-order valence-electron chi connectivity index (χ3n) is 1.69. The summed E-state index contributed by atoms with van der Waals surface area (Å²) in [7, 11) is 1.85. The van der Waals surface area contributed by atoms with Crippen molar-refractivity contribution in [1.82, 2.24) is 4.90 Å². The SMILES string of the molecule is CS/C(C=O)=C(/C)N(C)CCO. The summed E-state index contributed by atoms with van der Waals surface area (Å²) in [6.45, 7) is 2.54. The number of thioether (sulfide) groups is 1. The van der Waals surface area contributed by atoms with Crippen LogP contribution in [0.3, 0.4) is 0 Å². The van der Waals surface area contributed by atoms with Crippen LogP contribution < -0.4 is 0 Å². The molecule has 0 atom stereocenters. The van der Waals surface area contributed by atoms with Gasteiger partial charge in [-0.2, -0.15) is 0 Å². The first-order chi connectivity index (χ1) is 5.67. The number of carbonyl (C=O) groups is 1. The summed E-state index contributed by atoms with van der Waals surface area (Å²) in [6, 6.07) is 0. The molecule has 0 aliphatic rings. The molecule has 0 saturated heterocycles. The number of rotatable bonds is 5.